The zero-order valence-corrected chi connectivity index (χ0v) is 12.9. The third kappa shape index (κ3) is 3.43. The van der Waals surface area contributed by atoms with Crippen LogP contribution in [0.25, 0.3) is 0 Å². The van der Waals surface area contributed by atoms with Crippen LogP contribution >= 0.6 is 22.7 Å². The first-order chi connectivity index (χ1) is 9.47. The van der Waals surface area contributed by atoms with Gasteiger partial charge in [0.15, 0.2) is 11.2 Å². The Morgan fingerprint density at radius 3 is 2.70 bits per heavy atom. The van der Waals surface area contributed by atoms with Gasteiger partial charge in [0.1, 0.15) is 4.88 Å². The highest BCUT2D eigenvalue weighted by atomic mass is 32.1. The maximum Gasteiger partial charge on any atom is 0.349 e. The number of hydrogen-bond acceptors (Lipinski definition) is 6. The first-order valence-corrected chi connectivity index (χ1v) is 7.66. The SMILES string of the molecule is Cc1nc(NC(=O)[C@H](C)OC(=O)c2cccs2)sc1C. The van der Waals surface area contributed by atoms with Crippen LogP contribution in [0, 0.1) is 13.8 Å². The molecule has 0 radical (unpaired) electrons. The van der Waals surface area contributed by atoms with Crippen molar-refractivity contribution in [2.24, 2.45) is 0 Å². The van der Waals surface area contributed by atoms with E-state index in [4.69, 9.17) is 4.74 Å². The molecule has 0 aliphatic heterocycles. The third-order valence-electron chi connectivity index (χ3n) is 2.63. The van der Waals surface area contributed by atoms with E-state index in [-0.39, 0.29) is 5.91 Å². The van der Waals surface area contributed by atoms with Crippen molar-refractivity contribution < 1.29 is 14.3 Å². The smallest absolute Gasteiger partial charge is 0.349 e. The summed E-state index contributed by atoms with van der Waals surface area (Å²) in [6.45, 7) is 5.35. The van der Waals surface area contributed by atoms with Crippen molar-refractivity contribution >= 4 is 39.7 Å². The number of aryl methyl sites for hydroxylation is 2. The van der Waals surface area contributed by atoms with Crippen molar-refractivity contribution in [3.63, 3.8) is 0 Å². The number of nitrogens with zero attached hydrogens (tertiary/aromatic N) is 1. The lowest BCUT2D eigenvalue weighted by Gasteiger charge is -2.11. The van der Waals surface area contributed by atoms with Crippen molar-refractivity contribution in [2.75, 3.05) is 5.32 Å². The zero-order valence-electron chi connectivity index (χ0n) is 11.3. The van der Waals surface area contributed by atoms with Gasteiger partial charge in [-0.15, -0.1) is 22.7 Å². The Bertz CT molecular complexity index is 600. The zero-order chi connectivity index (χ0) is 14.7. The van der Waals surface area contributed by atoms with Crippen LogP contribution in [0.15, 0.2) is 17.5 Å². The van der Waals surface area contributed by atoms with Gasteiger partial charge in [0.05, 0.1) is 5.69 Å². The fourth-order valence-electron chi connectivity index (χ4n) is 1.40. The predicted molar refractivity (Wildman–Crippen MR) is 79.4 cm³/mol. The molecule has 1 atom stereocenters. The standard InChI is InChI=1S/C13H14N2O3S2/c1-7-9(3)20-13(14-7)15-11(16)8(2)18-12(17)10-5-4-6-19-10/h4-6,8H,1-3H3,(H,14,15,16)/t8-/m0/s1. The monoisotopic (exact) mass is 310 g/mol. The molecule has 1 N–H and O–H groups in total. The summed E-state index contributed by atoms with van der Waals surface area (Å²) in [6.07, 6.45) is -0.867. The van der Waals surface area contributed by atoms with Crippen LogP contribution < -0.4 is 5.32 Å². The molecule has 0 unspecified atom stereocenters. The normalized spacial score (nSPS) is 11.9. The number of nitrogens with one attached hydrogen (secondary N) is 1. The largest absolute Gasteiger partial charge is 0.448 e. The summed E-state index contributed by atoms with van der Waals surface area (Å²) in [5.41, 5.74) is 0.883. The molecule has 0 spiro atoms. The van der Waals surface area contributed by atoms with Crippen LogP contribution in [0.1, 0.15) is 27.2 Å². The number of esters is 1. The highest BCUT2D eigenvalue weighted by Crippen LogP contribution is 2.21. The molecule has 0 bridgehead atoms. The molecule has 2 heterocycles. The van der Waals surface area contributed by atoms with E-state index in [0.29, 0.717) is 10.0 Å². The number of thiazole rings is 1. The van der Waals surface area contributed by atoms with E-state index in [1.807, 2.05) is 13.8 Å². The van der Waals surface area contributed by atoms with Crippen LogP contribution in [0.3, 0.4) is 0 Å². The van der Waals surface area contributed by atoms with Crippen LogP contribution in [-0.2, 0) is 9.53 Å². The minimum absolute atomic E-state index is 0.386. The number of carbonyl (C=O) groups excluding carboxylic acids is 2. The Hall–Kier alpha value is -1.73. The van der Waals surface area contributed by atoms with Crippen LogP contribution in [0.2, 0.25) is 0 Å². The van der Waals surface area contributed by atoms with Crippen molar-refractivity contribution in [1.29, 1.82) is 0 Å². The van der Waals surface area contributed by atoms with Crippen molar-refractivity contribution in [2.45, 2.75) is 26.9 Å². The van der Waals surface area contributed by atoms with E-state index in [1.165, 1.54) is 29.6 Å². The lowest BCUT2D eigenvalue weighted by Crippen LogP contribution is -2.29. The molecule has 2 rings (SSSR count). The second kappa shape index (κ2) is 6.15. The summed E-state index contributed by atoms with van der Waals surface area (Å²) in [4.78, 5) is 29.4. The number of thiophene rings is 1. The highest BCUT2D eigenvalue weighted by molar-refractivity contribution is 7.15. The maximum absolute atomic E-state index is 11.9. The van der Waals surface area contributed by atoms with Crippen molar-refractivity contribution in [1.82, 2.24) is 4.98 Å². The van der Waals surface area contributed by atoms with E-state index >= 15 is 0 Å². The average Bonchev–Trinajstić information content (AvgIpc) is 3.00. The molecule has 0 saturated heterocycles. The summed E-state index contributed by atoms with van der Waals surface area (Å²) in [7, 11) is 0. The number of carbonyl (C=O) groups is 2. The maximum atomic E-state index is 11.9. The Balaban J connectivity index is 1.93. The van der Waals surface area contributed by atoms with E-state index in [0.717, 1.165) is 10.6 Å². The van der Waals surface area contributed by atoms with Gasteiger partial charge in [-0.3, -0.25) is 10.1 Å². The predicted octanol–water partition coefficient (Wildman–Crippen LogP) is 3.01. The molecule has 0 saturated carbocycles. The Morgan fingerprint density at radius 1 is 1.40 bits per heavy atom. The van der Waals surface area contributed by atoms with Crippen LogP contribution in [0.5, 0.6) is 0 Å². The molecular weight excluding hydrogens is 296 g/mol. The van der Waals surface area contributed by atoms with Gasteiger partial charge in [-0.25, -0.2) is 9.78 Å². The molecule has 20 heavy (non-hydrogen) atoms. The fraction of sp³-hybridized carbons (Fsp3) is 0.308. The second-order valence-corrected chi connectivity index (χ2v) is 6.33. The third-order valence-corrected chi connectivity index (χ3v) is 4.47. The molecular formula is C13H14N2O3S2. The molecule has 0 aliphatic rings. The van der Waals surface area contributed by atoms with Gasteiger partial charge in [-0.05, 0) is 32.2 Å². The number of rotatable bonds is 4. The fourth-order valence-corrected chi connectivity index (χ4v) is 2.82. The van der Waals surface area contributed by atoms with Gasteiger partial charge >= 0.3 is 5.97 Å². The number of anilines is 1. The quantitative estimate of drug-likeness (QED) is 0.881. The summed E-state index contributed by atoms with van der Waals surface area (Å²) >= 11 is 2.67. The highest BCUT2D eigenvalue weighted by Gasteiger charge is 2.20. The van der Waals surface area contributed by atoms with Crippen LogP contribution in [0.4, 0.5) is 5.13 Å². The summed E-state index contributed by atoms with van der Waals surface area (Å²) < 4.78 is 5.10. The molecule has 7 heteroatoms. The second-order valence-electron chi connectivity index (χ2n) is 4.17. The first kappa shape index (κ1) is 14.7. The van der Waals surface area contributed by atoms with Gasteiger partial charge in [-0.2, -0.15) is 0 Å². The first-order valence-electron chi connectivity index (χ1n) is 5.96. The summed E-state index contributed by atoms with van der Waals surface area (Å²) in [5.74, 6) is -0.877. The molecule has 0 aliphatic carbocycles. The number of ether oxygens (including phenoxy) is 1. The molecule has 1 amide bonds. The Labute approximate surface area is 124 Å². The average molecular weight is 310 g/mol. The summed E-state index contributed by atoms with van der Waals surface area (Å²) in [6, 6.07) is 3.41. The van der Waals surface area contributed by atoms with Crippen molar-refractivity contribution in [3.8, 4) is 0 Å². The molecule has 106 valence electrons. The minimum atomic E-state index is -0.867. The van der Waals surface area contributed by atoms with Gasteiger partial charge in [0.2, 0.25) is 0 Å². The lowest BCUT2D eigenvalue weighted by atomic mass is 10.4. The topological polar surface area (TPSA) is 68.3 Å². The summed E-state index contributed by atoms with van der Waals surface area (Å²) in [5, 5.41) is 4.95. The van der Waals surface area contributed by atoms with E-state index in [1.54, 1.807) is 17.5 Å². The number of amides is 1. The Morgan fingerprint density at radius 2 is 2.15 bits per heavy atom. The number of hydrogen-bond donors (Lipinski definition) is 1. The molecule has 5 nitrogen and oxygen atoms in total. The van der Waals surface area contributed by atoms with E-state index < -0.39 is 12.1 Å². The van der Waals surface area contributed by atoms with Gasteiger partial charge in [0.25, 0.3) is 5.91 Å². The van der Waals surface area contributed by atoms with Crippen molar-refractivity contribution in [3.05, 3.63) is 33.0 Å². The van der Waals surface area contributed by atoms with E-state index in [2.05, 4.69) is 10.3 Å². The molecule has 2 aromatic rings. The molecule has 0 aromatic carbocycles. The molecule has 2 aromatic heterocycles. The van der Waals surface area contributed by atoms with Gasteiger partial charge in [0, 0.05) is 4.88 Å². The molecule has 0 fully saturated rings. The lowest BCUT2D eigenvalue weighted by molar-refractivity contribution is -0.123. The van der Waals surface area contributed by atoms with Gasteiger partial charge in [-0.1, -0.05) is 6.07 Å². The minimum Gasteiger partial charge on any atom is -0.448 e. The number of aromatic nitrogens is 1. The van der Waals surface area contributed by atoms with Crippen LogP contribution in [-0.4, -0.2) is 23.0 Å². The Kier molecular flexibility index (Phi) is 4.51. The van der Waals surface area contributed by atoms with E-state index in [9.17, 15) is 9.59 Å². The van der Waals surface area contributed by atoms with Gasteiger partial charge < -0.3 is 4.74 Å².